The molecule has 174 valence electrons. The van der Waals surface area contributed by atoms with Crippen LogP contribution in [0, 0.1) is 6.92 Å². The van der Waals surface area contributed by atoms with Crippen LogP contribution in [0.2, 0.25) is 5.02 Å². The van der Waals surface area contributed by atoms with Gasteiger partial charge in [0.15, 0.2) is 0 Å². The maximum absolute atomic E-state index is 13.5. The van der Waals surface area contributed by atoms with E-state index in [4.69, 9.17) is 28.6 Å². The lowest BCUT2D eigenvalue weighted by Crippen LogP contribution is -2.39. The van der Waals surface area contributed by atoms with E-state index in [1.165, 1.54) is 22.6 Å². The minimum absolute atomic E-state index is 0.0929. The first-order valence-corrected chi connectivity index (χ1v) is 12.8. The van der Waals surface area contributed by atoms with Crippen molar-refractivity contribution in [3.63, 3.8) is 0 Å². The molecule has 1 aliphatic carbocycles. The minimum atomic E-state index is -0.335. The van der Waals surface area contributed by atoms with Crippen LogP contribution in [0.1, 0.15) is 43.2 Å². The van der Waals surface area contributed by atoms with Crippen LogP contribution >= 0.6 is 35.6 Å². The molecule has 34 heavy (non-hydrogen) atoms. The fraction of sp³-hybridized carbons (Fsp3) is 0.280. The van der Waals surface area contributed by atoms with Crippen LogP contribution in [0.25, 0.3) is 11.7 Å². The van der Waals surface area contributed by atoms with E-state index < -0.39 is 0 Å². The van der Waals surface area contributed by atoms with Gasteiger partial charge >= 0.3 is 0 Å². The van der Waals surface area contributed by atoms with Crippen molar-refractivity contribution in [1.29, 1.82) is 0 Å². The topological polar surface area (TPSA) is 63.9 Å². The number of hydrogen-bond donors (Lipinski definition) is 0. The average Bonchev–Trinajstić information content (AvgIpc) is 3.11. The van der Waals surface area contributed by atoms with Gasteiger partial charge in [0.05, 0.1) is 9.93 Å². The van der Waals surface area contributed by atoms with Crippen LogP contribution in [0.4, 0.5) is 0 Å². The number of thiocarbonyl (C=S) groups is 1. The summed E-state index contributed by atoms with van der Waals surface area (Å²) < 4.78 is 8.02. The molecular formula is C25H22ClN3O3S2. The molecule has 1 saturated carbocycles. The molecule has 0 radical (unpaired) electrons. The molecule has 1 amide bonds. The number of carbonyl (C=O) groups is 1. The lowest BCUT2D eigenvalue weighted by atomic mass is 9.94. The predicted octanol–water partition coefficient (Wildman–Crippen LogP) is 5.98. The molecule has 6 nitrogen and oxygen atoms in total. The van der Waals surface area contributed by atoms with Crippen molar-refractivity contribution in [2.45, 2.75) is 45.1 Å². The molecule has 9 heteroatoms. The second-order valence-corrected chi connectivity index (χ2v) is 10.5. The van der Waals surface area contributed by atoms with Gasteiger partial charge in [-0.1, -0.05) is 73.0 Å². The molecule has 0 bridgehead atoms. The second kappa shape index (κ2) is 9.52. The third-order valence-corrected chi connectivity index (χ3v) is 7.77. The fourth-order valence-electron chi connectivity index (χ4n) is 4.39. The highest BCUT2D eigenvalue weighted by atomic mass is 35.5. The third kappa shape index (κ3) is 4.26. The number of halogens is 1. The van der Waals surface area contributed by atoms with Gasteiger partial charge in [-0.05, 0) is 49.6 Å². The lowest BCUT2D eigenvalue weighted by molar-refractivity contribution is -0.124. The Morgan fingerprint density at radius 3 is 2.68 bits per heavy atom. The number of aryl methyl sites for hydroxylation is 1. The van der Waals surface area contributed by atoms with E-state index in [1.807, 2.05) is 13.0 Å². The number of ether oxygens (including phenoxy) is 1. The van der Waals surface area contributed by atoms with Gasteiger partial charge in [0.2, 0.25) is 5.88 Å². The largest absolute Gasteiger partial charge is 0.437 e. The monoisotopic (exact) mass is 511 g/mol. The average molecular weight is 512 g/mol. The summed E-state index contributed by atoms with van der Waals surface area (Å²) in [4.78, 5) is 33.6. The molecule has 5 rings (SSSR count). The predicted molar refractivity (Wildman–Crippen MR) is 140 cm³/mol. The molecule has 3 aromatic rings. The first kappa shape index (κ1) is 23.1. The highest BCUT2D eigenvalue weighted by Crippen LogP contribution is 2.38. The molecule has 2 aliphatic rings. The number of aromatic nitrogens is 2. The van der Waals surface area contributed by atoms with Crippen molar-refractivity contribution in [2.24, 2.45) is 0 Å². The second-order valence-electron chi connectivity index (χ2n) is 8.40. The number of fused-ring (bicyclic) bond motifs is 1. The zero-order valence-electron chi connectivity index (χ0n) is 18.5. The van der Waals surface area contributed by atoms with Crippen molar-refractivity contribution in [1.82, 2.24) is 14.3 Å². The maximum Gasteiger partial charge on any atom is 0.269 e. The van der Waals surface area contributed by atoms with Crippen LogP contribution in [0.3, 0.4) is 0 Å². The zero-order valence-corrected chi connectivity index (χ0v) is 20.9. The summed E-state index contributed by atoms with van der Waals surface area (Å²) >= 11 is 13.1. The van der Waals surface area contributed by atoms with Gasteiger partial charge in [0.25, 0.3) is 11.5 Å². The molecule has 0 atom stereocenters. The molecule has 2 fully saturated rings. The molecule has 1 aliphatic heterocycles. The molecule has 2 aromatic heterocycles. The first-order valence-electron chi connectivity index (χ1n) is 11.2. The van der Waals surface area contributed by atoms with Gasteiger partial charge in [-0.15, -0.1) is 0 Å². The van der Waals surface area contributed by atoms with Gasteiger partial charge in [0, 0.05) is 12.2 Å². The molecule has 1 saturated heterocycles. The van der Waals surface area contributed by atoms with Crippen molar-refractivity contribution in [3.05, 3.63) is 74.0 Å². The quantitative estimate of drug-likeness (QED) is 0.317. The summed E-state index contributed by atoms with van der Waals surface area (Å²) in [6.45, 7) is 1.87. The van der Waals surface area contributed by atoms with Crippen molar-refractivity contribution >= 4 is 57.5 Å². The summed E-state index contributed by atoms with van der Waals surface area (Å²) in [7, 11) is 0. The number of carbonyl (C=O) groups excluding carboxylic acids is 1. The van der Waals surface area contributed by atoms with E-state index in [-0.39, 0.29) is 29.0 Å². The summed E-state index contributed by atoms with van der Waals surface area (Å²) in [5.41, 5.74) is 1.13. The molecule has 1 aromatic carbocycles. The number of benzene rings is 1. The molecular weight excluding hydrogens is 490 g/mol. The molecule has 0 N–H and O–H groups in total. The smallest absolute Gasteiger partial charge is 0.269 e. The van der Waals surface area contributed by atoms with Crippen molar-refractivity contribution in [2.75, 3.05) is 0 Å². The van der Waals surface area contributed by atoms with Gasteiger partial charge < -0.3 is 4.74 Å². The number of pyridine rings is 1. The maximum atomic E-state index is 13.5. The van der Waals surface area contributed by atoms with E-state index in [0.29, 0.717) is 25.6 Å². The van der Waals surface area contributed by atoms with Crippen LogP contribution in [-0.2, 0) is 4.79 Å². The summed E-state index contributed by atoms with van der Waals surface area (Å²) in [5, 5.41) is 0.392. The molecule has 0 unspecified atom stereocenters. The lowest BCUT2D eigenvalue weighted by Gasteiger charge is -2.29. The Bertz CT molecular complexity index is 1400. The number of amides is 1. The highest BCUT2D eigenvalue weighted by molar-refractivity contribution is 8.26. The Morgan fingerprint density at radius 2 is 1.91 bits per heavy atom. The van der Waals surface area contributed by atoms with E-state index in [0.717, 1.165) is 31.2 Å². The number of rotatable bonds is 4. The Kier molecular flexibility index (Phi) is 6.46. The Morgan fingerprint density at radius 1 is 1.15 bits per heavy atom. The molecule has 3 heterocycles. The van der Waals surface area contributed by atoms with Gasteiger partial charge in [0.1, 0.15) is 21.3 Å². The molecule has 0 spiro atoms. The van der Waals surface area contributed by atoms with E-state index in [9.17, 15) is 9.59 Å². The first-order chi connectivity index (χ1) is 16.4. The highest BCUT2D eigenvalue weighted by Gasteiger charge is 2.38. The number of nitrogens with zero attached hydrogens (tertiary/aromatic N) is 3. The van der Waals surface area contributed by atoms with E-state index >= 15 is 0 Å². The number of thioether (sulfide) groups is 1. The summed E-state index contributed by atoms with van der Waals surface area (Å²) in [6.07, 6.45) is 8.46. The van der Waals surface area contributed by atoms with Crippen molar-refractivity contribution < 1.29 is 9.53 Å². The third-order valence-electron chi connectivity index (χ3n) is 6.13. The standard InChI is InChI=1S/C25H22ClN3O3S2/c1-15-8-7-13-28-21(15)27-22(32-19-12-6-5-11-18(19)26)17(23(28)30)14-20-24(31)29(25(33)34-20)16-9-3-2-4-10-16/h5-8,11-14,16H,2-4,9-10H2,1H3/b20-14+. The van der Waals surface area contributed by atoms with E-state index in [2.05, 4.69) is 4.98 Å². The van der Waals surface area contributed by atoms with Gasteiger partial charge in [-0.3, -0.25) is 18.9 Å². The van der Waals surface area contributed by atoms with Gasteiger partial charge in [-0.2, -0.15) is 4.98 Å². The number of hydrogen-bond acceptors (Lipinski definition) is 6. The van der Waals surface area contributed by atoms with Gasteiger partial charge in [-0.25, -0.2) is 0 Å². The number of para-hydroxylation sites is 1. The Balaban J connectivity index is 1.62. The van der Waals surface area contributed by atoms with Crippen LogP contribution < -0.4 is 10.3 Å². The SMILES string of the molecule is Cc1cccn2c(=O)c(/C=C3/SC(=S)N(C4CCCCC4)C3=O)c(Oc3ccccc3Cl)nc12. The Hall–Kier alpha value is -2.68. The summed E-state index contributed by atoms with van der Waals surface area (Å²) in [5.74, 6) is 0.299. The fourth-order valence-corrected chi connectivity index (χ4v) is 5.95. The minimum Gasteiger partial charge on any atom is -0.437 e. The Labute approximate surface area is 211 Å². The van der Waals surface area contributed by atoms with Crippen LogP contribution in [0.5, 0.6) is 11.6 Å². The summed E-state index contributed by atoms with van der Waals surface area (Å²) in [6, 6.07) is 10.8. The van der Waals surface area contributed by atoms with Crippen LogP contribution in [0.15, 0.2) is 52.3 Å². The van der Waals surface area contributed by atoms with Crippen molar-refractivity contribution in [3.8, 4) is 11.6 Å². The van der Waals surface area contributed by atoms with E-state index in [1.54, 1.807) is 47.5 Å². The normalized spacial score (nSPS) is 18.3. The van der Waals surface area contributed by atoms with Crippen LogP contribution in [-0.4, -0.2) is 30.6 Å². The zero-order chi connectivity index (χ0) is 23.8.